The van der Waals surface area contributed by atoms with Crippen molar-refractivity contribution in [2.45, 2.75) is 26.4 Å². The van der Waals surface area contributed by atoms with Crippen LogP contribution in [0.25, 0.3) is 0 Å². The fourth-order valence-electron chi connectivity index (χ4n) is 1.40. The summed E-state index contributed by atoms with van der Waals surface area (Å²) < 4.78 is 5.04. The first-order valence-corrected chi connectivity index (χ1v) is 6.02. The third-order valence-electron chi connectivity index (χ3n) is 2.21. The fourth-order valence-corrected chi connectivity index (χ4v) is 1.40. The number of hydrogen-bond donors (Lipinski definition) is 2. The molecule has 20 heavy (non-hydrogen) atoms. The van der Waals surface area contributed by atoms with Crippen LogP contribution in [0.15, 0.2) is 24.3 Å². The SMILES string of the molecule is CC(C)(C)OC(=O)CNC(=O)c1ccc(C(=O)O)cc1. The first-order valence-electron chi connectivity index (χ1n) is 6.02. The van der Waals surface area contributed by atoms with Gasteiger partial charge in [-0.2, -0.15) is 0 Å². The number of benzene rings is 1. The van der Waals surface area contributed by atoms with Gasteiger partial charge >= 0.3 is 11.9 Å². The zero-order chi connectivity index (χ0) is 15.3. The highest BCUT2D eigenvalue weighted by Crippen LogP contribution is 2.07. The van der Waals surface area contributed by atoms with Crippen molar-refractivity contribution in [3.8, 4) is 0 Å². The monoisotopic (exact) mass is 279 g/mol. The molecule has 0 aliphatic rings. The summed E-state index contributed by atoms with van der Waals surface area (Å²) in [5.74, 6) is -2.06. The van der Waals surface area contributed by atoms with Crippen molar-refractivity contribution in [2.75, 3.05) is 6.54 Å². The number of esters is 1. The summed E-state index contributed by atoms with van der Waals surface area (Å²) in [4.78, 5) is 33.8. The predicted molar refractivity (Wildman–Crippen MR) is 71.6 cm³/mol. The third kappa shape index (κ3) is 5.09. The van der Waals surface area contributed by atoms with Crippen LogP contribution in [-0.2, 0) is 9.53 Å². The lowest BCUT2D eigenvalue weighted by atomic mass is 10.1. The number of carbonyl (C=O) groups excluding carboxylic acids is 2. The van der Waals surface area contributed by atoms with Crippen molar-refractivity contribution in [2.24, 2.45) is 0 Å². The van der Waals surface area contributed by atoms with Crippen LogP contribution < -0.4 is 5.32 Å². The lowest BCUT2D eigenvalue weighted by molar-refractivity contribution is -0.153. The number of rotatable bonds is 4. The molecule has 0 atom stereocenters. The standard InChI is InChI=1S/C14H17NO5/c1-14(2,3)20-11(16)8-15-12(17)9-4-6-10(7-5-9)13(18)19/h4-7H,8H2,1-3H3,(H,15,17)(H,18,19). The Hall–Kier alpha value is -2.37. The Morgan fingerprint density at radius 1 is 1.10 bits per heavy atom. The van der Waals surface area contributed by atoms with Gasteiger partial charge in [-0.05, 0) is 45.0 Å². The molecule has 6 heteroatoms. The molecule has 0 heterocycles. The zero-order valence-electron chi connectivity index (χ0n) is 11.6. The number of nitrogens with one attached hydrogen (secondary N) is 1. The molecule has 0 saturated heterocycles. The van der Waals surface area contributed by atoms with Gasteiger partial charge in [0.25, 0.3) is 5.91 Å². The average molecular weight is 279 g/mol. The van der Waals surface area contributed by atoms with Gasteiger partial charge in [-0.1, -0.05) is 0 Å². The Bertz CT molecular complexity index is 513. The lowest BCUT2D eigenvalue weighted by Crippen LogP contribution is -2.34. The predicted octanol–water partition coefficient (Wildman–Crippen LogP) is 1.46. The largest absolute Gasteiger partial charge is 0.478 e. The van der Waals surface area contributed by atoms with Gasteiger partial charge in [0.15, 0.2) is 0 Å². The van der Waals surface area contributed by atoms with Crippen LogP contribution in [0.1, 0.15) is 41.5 Å². The number of amides is 1. The normalized spacial score (nSPS) is 10.8. The third-order valence-corrected chi connectivity index (χ3v) is 2.21. The number of aromatic carboxylic acids is 1. The van der Waals surface area contributed by atoms with Crippen LogP contribution in [0, 0.1) is 0 Å². The van der Waals surface area contributed by atoms with Crippen molar-refractivity contribution < 1.29 is 24.2 Å². The second kappa shape index (κ2) is 6.18. The zero-order valence-corrected chi connectivity index (χ0v) is 11.6. The summed E-state index contributed by atoms with van der Waals surface area (Å²) in [6, 6.07) is 5.41. The van der Waals surface area contributed by atoms with Gasteiger partial charge in [0.05, 0.1) is 5.56 Å². The maximum absolute atomic E-state index is 11.7. The Balaban J connectivity index is 2.55. The molecule has 1 rings (SSSR count). The Morgan fingerprint density at radius 2 is 1.60 bits per heavy atom. The summed E-state index contributed by atoms with van der Waals surface area (Å²) in [6.45, 7) is 4.96. The van der Waals surface area contributed by atoms with E-state index < -0.39 is 23.4 Å². The highest BCUT2D eigenvalue weighted by molar-refractivity contribution is 5.97. The molecular formula is C14H17NO5. The number of hydrogen-bond acceptors (Lipinski definition) is 4. The summed E-state index contributed by atoms with van der Waals surface area (Å²) in [7, 11) is 0. The number of carboxylic acids is 1. The summed E-state index contributed by atoms with van der Waals surface area (Å²) in [6.07, 6.45) is 0. The summed E-state index contributed by atoms with van der Waals surface area (Å²) in [5.41, 5.74) is -0.238. The molecule has 0 aliphatic carbocycles. The average Bonchev–Trinajstić information content (AvgIpc) is 2.34. The number of carbonyl (C=O) groups is 3. The van der Waals surface area contributed by atoms with Crippen LogP contribution in [0.3, 0.4) is 0 Å². The minimum Gasteiger partial charge on any atom is -0.478 e. The van der Waals surface area contributed by atoms with Gasteiger partial charge in [-0.3, -0.25) is 9.59 Å². The molecule has 0 radical (unpaired) electrons. The van der Waals surface area contributed by atoms with E-state index in [1.54, 1.807) is 20.8 Å². The van der Waals surface area contributed by atoms with E-state index in [-0.39, 0.29) is 17.7 Å². The van der Waals surface area contributed by atoms with Crippen LogP contribution in [0.2, 0.25) is 0 Å². The summed E-state index contributed by atoms with van der Waals surface area (Å²) >= 11 is 0. The number of ether oxygens (including phenoxy) is 1. The van der Waals surface area contributed by atoms with Gasteiger partial charge in [-0.15, -0.1) is 0 Å². The minimum absolute atomic E-state index is 0.0914. The van der Waals surface area contributed by atoms with Gasteiger partial charge in [-0.25, -0.2) is 4.79 Å². The molecule has 0 saturated carbocycles. The van der Waals surface area contributed by atoms with Crippen molar-refractivity contribution in [3.63, 3.8) is 0 Å². The molecule has 0 aliphatic heterocycles. The highest BCUT2D eigenvalue weighted by atomic mass is 16.6. The molecule has 0 fully saturated rings. The number of carboxylic acid groups (broad SMARTS) is 1. The molecule has 0 aromatic heterocycles. The van der Waals surface area contributed by atoms with Gasteiger partial charge in [0.1, 0.15) is 12.1 Å². The van der Waals surface area contributed by atoms with E-state index in [1.165, 1.54) is 24.3 Å². The summed E-state index contributed by atoms with van der Waals surface area (Å²) in [5, 5.41) is 11.1. The van der Waals surface area contributed by atoms with Crippen molar-refractivity contribution in [3.05, 3.63) is 35.4 Å². The molecule has 0 bridgehead atoms. The first-order chi connectivity index (χ1) is 9.19. The quantitative estimate of drug-likeness (QED) is 0.814. The van der Waals surface area contributed by atoms with E-state index in [4.69, 9.17) is 9.84 Å². The van der Waals surface area contributed by atoms with E-state index >= 15 is 0 Å². The fraction of sp³-hybridized carbons (Fsp3) is 0.357. The van der Waals surface area contributed by atoms with E-state index in [0.717, 1.165) is 0 Å². The smallest absolute Gasteiger partial charge is 0.335 e. The molecule has 0 unspecified atom stereocenters. The van der Waals surface area contributed by atoms with E-state index in [9.17, 15) is 14.4 Å². The maximum Gasteiger partial charge on any atom is 0.335 e. The molecule has 108 valence electrons. The van der Waals surface area contributed by atoms with Crippen LogP contribution >= 0.6 is 0 Å². The molecule has 0 spiro atoms. The van der Waals surface area contributed by atoms with Crippen LogP contribution in [0.5, 0.6) is 0 Å². The van der Waals surface area contributed by atoms with Gasteiger partial charge < -0.3 is 15.2 Å². The van der Waals surface area contributed by atoms with Gasteiger partial charge in [0, 0.05) is 5.56 Å². The second-order valence-corrected chi connectivity index (χ2v) is 5.15. The van der Waals surface area contributed by atoms with Crippen molar-refractivity contribution in [1.82, 2.24) is 5.32 Å². The van der Waals surface area contributed by atoms with Crippen molar-refractivity contribution >= 4 is 17.8 Å². The molecule has 1 aromatic rings. The minimum atomic E-state index is -1.06. The van der Waals surface area contributed by atoms with Crippen LogP contribution in [0.4, 0.5) is 0 Å². The topological polar surface area (TPSA) is 92.7 Å². The molecule has 1 aromatic carbocycles. The van der Waals surface area contributed by atoms with Crippen LogP contribution in [-0.4, -0.2) is 35.1 Å². The molecule has 1 amide bonds. The Labute approximate surface area is 116 Å². The lowest BCUT2D eigenvalue weighted by Gasteiger charge is -2.19. The maximum atomic E-state index is 11.7. The van der Waals surface area contributed by atoms with Crippen molar-refractivity contribution in [1.29, 1.82) is 0 Å². The van der Waals surface area contributed by atoms with E-state index in [1.807, 2.05) is 0 Å². The van der Waals surface area contributed by atoms with Gasteiger partial charge in [0.2, 0.25) is 0 Å². The van der Waals surface area contributed by atoms with E-state index in [0.29, 0.717) is 0 Å². The molecular weight excluding hydrogens is 262 g/mol. The second-order valence-electron chi connectivity index (χ2n) is 5.15. The highest BCUT2D eigenvalue weighted by Gasteiger charge is 2.17. The molecule has 6 nitrogen and oxygen atoms in total. The Kier molecular flexibility index (Phi) is 4.85. The molecule has 2 N–H and O–H groups in total. The van der Waals surface area contributed by atoms with E-state index in [2.05, 4.69) is 5.32 Å². The first kappa shape index (κ1) is 15.7. The Morgan fingerprint density at radius 3 is 2.05 bits per heavy atom.